The van der Waals surface area contributed by atoms with Gasteiger partial charge in [0.25, 0.3) is 0 Å². The van der Waals surface area contributed by atoms with Crippen molar-refractivity contribution in [2.24, 2.45) is 0 Å². The van der Waals surface area contributed by atoms with E-state index in [0.29, 0.717) is 6.54 Å². The van der Waals surface area contributed by atoms with Gasteiger partial charge in [0, 0.05) is 37.2 Å². The van der Waals surface area contributed by atoms with E-state index in [4.69, 9.17) is 0 Å². The molecule has 0 atom stereocenters. The molecule has 0 radical (unpaired) electrons. The average molecular weight is 340 g/mol. The number of rotatable bonds is 4. The van der Waals surface area contributed by atoms with Gasteiger partial charge in [-0.05, 0) is 31.2 Å². The maximum absolute atomic E-state index is 12.2. The summed E-state index contributed by atoms with van der Waals surface area (Å²) < 4.78 is 1.13. The molecule has 0 aliphatic carbocycles. The van der Waals surface area contributed by atoms with Gasteiger partial charge in [-0.25, -0.2) is 0 Å². The van der Waals surface area contributed by atoms with E-state index in [1.165, 1.54) is 11.1 Å². The van der Waals surface area contributed by atoms with Crippen molar-refractivity contribution in [3.8, 4) is 0 Å². The zero-order valence-electron chi connectivity index (χ0n) is 12.2. The molecule has 4 nitrogen and oxygen atoms in total. The van der Waals surface area contributed by atoms with Crippen LogP contribution in [0.25, 0.3) is 0 Å². The number of nitrogens with zero attached hydrogens (tertiary/aromatic N) is 2. The maximum atomic E-state index is 12.2. The molecule has 1 amide bonds. The highest BCUT2D eigenvalue weighted by Gasteiger charge is 2.17. The first-order valence-electron chi connectivity index (χ1n) is 6.98. The second-order valence-electron chi connectivity index (χ2n) is 5.39. The van der Waals surface area contributed by atoms with Gasteiger partial charge in [0.2, 0.25) is 5.91 Å². The quantitative estimate of drug-likeness (QED) is 0.905. The van der Waals surface area contributed by atoms with Gasteiger partial charge in [0.05, 0.1) is 6.54 Å². The molecule has 1 aliphatic rings. The summed E-state index contributed by atoms with van der Waals surface area (Å²) >= 11 is 3.51. The Hall–Kier alpha value is -0.910. The van der Waals surface area contributed by atoms with Crippen molar-refractivity contribution in [2.75, 3.05) is 39.8 Å². The van der Waals surface area contributed by atoms with Gasteiger partial charge in [-0.3, -0.25) is 9.69 Å². The Kier molecular flexibility index (Phi) is 5.57. The fourth-order valence-electron chi connectivity index (χ4n) is 2.42. The molecule has 1 aliphatic heterocycles. The molecule has 0 saturated carbocycles. The Balaban J connectivity index is 1.86. The summed E-state index contributed by atoms with van der Waals surface area (Å²) in [7, 11) is 2.00. The number of halogens is 1. The SMILES string of the molecule is Cc1cc(CN(C)CC(=O)N2CCNCC2)ccc1Br. The van der Waals surface area contributed by atoms with Gasteiger partial charge in [-0.1, -0.05) is 28.1 Å². The molecule has 20 heavy (non-hydrogen) atoms. The van der Waals surface area contributed by atoms with Crippen LogP contribution in [0.4, 0.5) is 0 Å². The first kappa shape index (κ1) is 15.5. The lowest BCUT2D eigenvalue weighted by atomic mass is 10.1. The van der Waals surface area contributed by atoms with Crippen LogP contribution >= 0.6 is 15.9 Å². The van der Waals surface area contributed by atoms with Crippen LogP contribution in [0.2, 0.25) is 0 Å². The number of hydrogen-bond acceptors (Lipinski definition) is 3. The molecule has 0 aromatic heterocycles. The molecule has 1 saturated heterocycles. The number of likely N-dealkylation sites (N-methyl/N-ethyl adjacent to an activating group) is 1. The number of hydrogen-bond donors (Lipinski definition) is 1. The number of carbonyl (C=O) groups excluding carboxylic acids is 1. The number of nitrogens with one attached hydrogen (secondary N) is 1. The molecule has 0 unspecified atom stereocenters. The van der Waals surface area contributed by atoms with E-state index < -0.39 is 0 Å². The van der Waals surface area contributed by atoms with Crippen LogP contribution in [0, 0.1) is 6.92 Å². The standard InChI is InChI=1S/C15H22BrN3O/c1-12-9-13(3-4-14(12)16)10-18(2)11-15(20)19-7-5-17-6-8-19/h3-4,9,17H,5-8,10-11H2,1-2H3. The Morgan fingerprint density at radius 1 is 1.40 bits per heavy atom. The van der Waals surface area contributed by atoms with Crippen LogP contribution < -0.4 is 5.32 Å². The smallest absolute Gasteiger partial charge is 0.236 e. The predicted octanol–water partition coefficient (Wildman–Crippen LogP) is 1.62. The van der Waals surface area contributed by atoms with Crippen LogP contribution in [0.3, 0.4) is 0 Å². The van der Waals surface area contributed by atoms with Crippen molar-refractivity contribution < 1.29 is 4.79 Å². The second kappa shape index (κ2) is 7.20. The van der Waals surface area contributed by atoms with Gasteiger partial charge < -0.3 is 10.2 Å². The highest BCUT2D eigenvalue weighted by atomic mass is 79.9. The van der Waals surface area contributed by atoms with Gasteiger partial charge in [-0.2, -0.15) is 0 Å². The fraction of sp³-hybridized carbons (Fsp3) is 0.533. The molecule has 1 aromatic carbocycles. The van der Waals surface area contributed by atoms with Crippen molar-refractivity contribution >= 4 is 21.8 Å². The van der Waals surface area contributed by atoms with E-state index in [-0.39, 0.29) is 5.91 Å². The van der Waals surface area contributed by atoms with Gasteiger partial charge in [0.15, 0.2) is 0 Å². The van der Waals surface area contributed by atoms with Crippen LogP contribution in [-0.2, 0) is 11.3 Å². The van der Waals surface area contributed by atoms with E-state index in [0.717, 1.165) is 37.2 Å². The van der Waals surface area contributed by atoms with Crippen LogP contribution in [0.5, 0.6) is 0 Å². The molecule has 0 spiro atoms. The van der Waals surface area contributed by atoms with E-state index in [1.807, 2.05) is 11.9 Å². The molecule has 1 N–H and O–H groups in total. The van der Waals surface area contributed by atoms with Crippen molar-refractivity contribution in [3.63, 3.8) is 0 Å². The van der Waals surface area contributed by atoms with E-state index in [9.17, 15) is 4.79 Å². The average Bonchev–Trinajstić information content (AvgIpc) is 2.44. The predicted molar refractivity (Wildman–Crippen MR) is 84.7 cm³/mol. The first-order chi connectivity index (χ1) is 9.56. The second-order valence-corrected chi connectivity index (χ2v) is 6.24. The van der Waals surface area contributed by atoms with Gasteiger partial charge in [0.1, 0.15) is 0 Å². The number of benzene rings is 1. The molecular weight excluding hydrogens is 318 g/mol. The van der Waals surface area contributed by atoms with Crippen molar-refractivity contribution in [1.82, 2.24) is 15.1 Å². The first-order valence-corrected chi connectivity index (χ1v) is 7.77. The third-order valence-corrected chi connectivity index (χ3v) is 4.44. The summed E-state index contributed by atoms with van der Waals surface area (Å²) in [6, 6.07) is 6.33. The van der Waals surface area contributed by atoms with Crippen molar-refractivity contribution in [1.29, 1.82) is 0 Å². The molecule has 1 aromatic rings. The van der Waals surface area contributed by atoms with Gasteiger partial charge in [-0.15, -0.1) is 0 Å². The summed E-state index contributed by atoms with van der Waals surface area (Å²) in [6.45, 7) is 6.82. The molecule has 5 heteroatoms. The number of piperazine rings is 1. The minimum absolute atomic E-state index is 0.225. The minimum Gasteiger partial charge on any atom is -0.339 e. The third kappa shape index (κ3) is 4.30. The Morgan fingerprint density at radius 3 is 2.75 bits per heavy atom. The number of amides is 1. The summed E-state index contributed by atoms with van der Waals surface area (Å²) in [6.07, 6.45) is 0. The van der Waals surface area contributed by atoms with Crippen molar-refractivity contribution in [2.45, 2.75) is 13.5 Å². The molecule has 2 rings (SSSR count). The molecule has 0 bridgehead atoms. The zero-order valence-corrected chi connectivity index (χ0v) is 13.7. The molecule has 1 fully saturated rings. The summed E-state index contributed by atoms with van der Waals surface area (Å²) in [4.78, 5) is 16.2. The highest BCUT2D eigenvalue weighted by Crippen LogP contribution is 2.17. The molecular formula is C15H22BrN3O. The monoisotopic (exact) mass is 339 g/mol. The molecule has 1 heterocycles. The minimum atomic E-state index is 0.225. The Labute approximate surface area is 129 Å². The zero-order chi connectivity index (χ0) is 14.5. The van der Waals surface area contributed by atoms with E-state index in [2.05, 4.69) is 51.3 Å². The fourth-order valence-corrected chi connectivity index (χ4v) is 2.66. The highest BCUT2D eigenvalue weighted by molar-refractivity contribution is 9.10. The van der Waals surface area contributed by atoms with Crippen LogP contribution in [0.1, 0.15) is 11.1 Å². The lowest BCUT2D eigenvalue weighted by molar-refractivity contribution is -0.132. The Bertz CT molecular complexity index is 472. The lowest BCUT2D eigenvalue weighted by Gasteiger charge is -2.29. The van der Waals surface area contributed by atoms with Crippen LogP contribution in [-0.4, -0.2) is 55.5 Å². The van der Waals surface area contributed by atoms with Crippen molar-refractivity contribution in [3.05, 3.63) is 33.8 Å². The maximum Gasteiger partial charge on any atom is 0.236 e. The summed E-state index contributed by atoms with van der Waals surface area (Å²) in [5.74, 6) is 0.225. The Morgan fingerprint density at radius 2 is 2.10 bits per heavy atom. The topological polar surface area (TPSA) is 35.6 Å². The molecule has 110 valence electrons. The van der Waals surface area contributed by atoms with E-state index >= 15 is 0 Å². The van der Waals surface area contributed by atoms with E-state index in [1.54, 1.807) is 0 Å². The lowest BCUT2D eigenvalue weighted by Crippen LogP contribution is -2.49. The summed E-state index contributed by atoms with van der Waals surface area (Å²) in [5, 5.41) is 3.26. The third-order valence-electron chi connectivity index (χ3n) is 3.55. The normalized spacial score (nSPS) is 15.7. The summed E-state index contributed by atoms with van der Waals surface area (Å²) in [5.41, 5.74) is 2.46. The van der Waals surface area contributed by atoms with Gasteiger partial charge >= 0.3 is 0 Å². The number of carbonyl (C=O) groups is 1. The van der Waals surface area contributed by atoms with Crippen LogP contribution in [0.15, 0.2) is 22.7 Å². The largest absolute Gasteiger partial charge is 0.339 e. The number of aryl methyl sites for hydroxylation is 1.